The minimum Gasteiger partial charge on any atom is -0.381 e. The quantitative estimate of drug-likeness (QED) is 0.837. The lowest BCUT2D eigenvalue weighted by Crippen LogP contribution is -2.27. The predicted molar refractivity (Wildman–Crippen MR) is 72.9 cm³/mol. The van der Waals surface area contributed by atoms with Gasteiger partial charge in [-0.15, -0.1) is 0 Å². The summed E-state index contributed by atoms with van der Waals surface area (Å²) in [7, 11) is 0. The molecule has 0 aromatic carbocycles. The van der Waals surface area contributed by atoms with E-state index in [1.54, 1.807) is 6.33 Å². The van der Waals surface area contributed by atoms with Crippen molar-refractivity contribution in [2.45, 2.75) is 33.2 Å². The van der Waals surface area contributed by atoms with Gasteiger partial charge in [0.25, 0.3) is 0 Å². The molecule has 5 heteroatoms. The fourth-order valence-corrected chi connectivity index (χ4v) is 2.22. The Bertz CT molecular complexity index is 391. The molecule has 2 rings (SSSR count). The van der Waals surface area contributed by atoms with Crippen molar-refractivity contribution in [3.63, 3.8) is 0 Å². The highest BCUT2D eigenvalue weighted by atomic mass is 16.5. The standard InChI is InChI=1S/C13H22N4O/c1-4-14-12-9(2)13(16-8-15-12)17-10(3)11-5-6-18-7-11/h8,10-11H,4-7H2,1-3H3,(H2,14,15,16,17). The Morgan fingerprint density at radius 3 is 2.89 bits per heavy atom. The molecule has 2 atom stereocenters. The van der Waals surface area contributed by atoms with Crippen LogP contribution in [0.3, 0.4) is 0 Å². The van der Waals surface area contributed by atoms with E-state index in [1.807, 2.05) is 6.92 Å². The summed E-state index contributed by atoms with van der Waals surface area (Å²) in [5.74, 6) is 2.40. The van der Waals surface area contributed by atoms with E-state index >= 15 is 0 Å². The Labute approximate surface area is 108 Å². The monoisotopic (exact) mass is 250 g/mol. The molecule has 0 aliphatic carbocycles. The Morgan fingerprint density at radius 2 is 2.22 bits per heavy atom. The maximum absolute atomic E-state index is 5.42. The Morgan fingerprint density at radius 1 is 1.44 bits per heavy atom. The van der Waals surface area contributed by atoms with Crippen LogP contribution in [0.4, 0.5) is 11.6 Å². The molecule has 18 heavy (non-hydrogen) atoms. The summed E-state index contributed by atoms with van der Waals surface area (Å²) in [5, 5.41) is 6.72. The Hall–Kier alpha value is -1.36. The largest absolute Gasteiger partial charge is 0.381 e. The number of ether oxygens (including phenoxy) is 1. The van der Waals surface area contributed by atoms with Crippen molar-refractivity contribution in [2.24, 2.45) is 5.92 Å². The number of hydrogen-bond donors (Lipinski definition) is 2. The van der Waals surface area contributed by atoms with Crippen molar-refractivity contribution in [2.75, 3.05) is 30.4 Å². The lowest BCUT2D eigenvalue weighted by molar-refractivity contribution is 0.183. The first kappa shape index (κ1) is 13.1. The number of aromatic nitrogens is 2. The topological polar surface area (TPSA) is 59.1 Å². The van der Waals surface area contributed by atoms with Crippen LogP contribution < -0.4 is 10.6 Å². The van der Waals surface area contributed by atoms with Crippen molar-refractivity contribution in [3.05, 3.63) is 11.9 Å². The minimum absolute atomic E-state index is 0.371. The zero-order valence-corrected chi connectivity index (χ0v) is 11.4. The number of anilines is 2. The number of rotatable bonds is 5. The second-order valence-corrected chi connectivity index (χ2v) is 4.78. The number of hydrogen-bond acceptors (Lipinski definition) is 5. The fraction of sp³-hybridized carbons (Fsp3) is 0.692. The minimum atomic E-state index is 0.371. The van der Waals surface area contributed by atoms with Gasteiger partial charge in [-0.2, -0.15) is 0 Å². The summed E-state index contributed by atoms with van der Waals surface area (Å²) < 4.78 is 5.42. The molecule has 0 radical (unpaired) electrons. The lowest BCUT2D eigenvalue weighted by Gasteiger charge is -2.21. The van der Waals surface area contributed by atoms with Crippen LogP contribution in [0.15, 0.2) is 6.33 Å². The lowest BCUT2D eigenvalue weighted by atomic mass is 10.0. The van der Waals surface area contributed by atoms with Gasteiger partial charge in [0.2, 0.25) is 0 Å². The molecule has 5 nitrogen and oxygen atoms in total. The van der Waals surface area contributed by atoms with Gasteiger partial charge in [-0.1, -0.05) is 0 Å². The predicted octanol–water partition coefficient (Wildman–Crippen LogP) is 2.05. The average molecular weight is 250 g/mol. The Balaban J connectivity index is 2.06. The third kappa shape index (κ3) is 2.90. The van der Waals surface area contributed by atoms with Gasteiger partial charge in [-0.05, 0) is 27.2 Å². The van der Waals surface area contributed by atoms with Crippen LogP contribution in [0.25, 0.3) is 0 Å². The summed E-state index contributed by atoms with van der Waals surface area (Å²) >= 11 is 0. The zero-order valence-electron chi connectivity index (χ0n) is 11.4. The van der Waals surface area contributed by atoms with E-state index in [0.717, 1.165) is 43.4 Å². The van der Waals surface area contributed by atoms with Crippen LogP contribution in [0.1, 0.15) is 25.8 Å². The van der Waals surface area contributed by atoms with Gasteiger partial charge in [0.1, 0.15) is 18.0 Å². The summed E-state index contributed by atoms with van der Waals surface area (Å²) in [6.07, 6.45) is 2.73. The third-order valence-electron chi connectivity index (χ3n) is 3.46. The summed E-state index contributed by atoms with van der Waals surface area (Å²) in [6, 6.07) is 0.371. The molecular formula is C13H22N4O. The second kappa shape index (κ2) is 6.00. The van der Waals surface area contributed by atoms with E-state index in [1.165, 1.54) is 0 Å². The van der Waals surface area contributed by atoms with E-state index < -0.39 is 0 Å². The summed E-state index contributed by atoms with van der Waals surface area (Å²) in [4.78, 5) is 8.58. The smallest absolute Gasteiger partial charge is 0.134 e. The molecule has 2 heterocycles. The van der Waals surface area contributed by atoms with Crippen molar-refractivity contribution in [1.29, 1.82) is 0 Å². The van der Waals surface area contributed by atoms with Gasteiger partial charge in [0.05, 0.1) is 6.61 Å². The van der Waals surface area contributed by atoms with Crippen molar-refractivity contribution in [3.8, 4) is 0 Å². The number of nitrogens with zero attached hydrogens (tertiary/aromatic N) is 2. The van der Waals surface area contributed by atoms with E-state index in [0.29, 0.717) is 12.0 Å². The van der Waals surface area contributed by atoms with Gasteiger partial charge < -0.3 is 15.4 Å². The van der Waals surface area contributed by atoms with E-state index in [-0.39, 0.29) is 0 Å². The fourth-order valence-electron chi connectivity index (χ4n) is 2.22. The van der Waals surface area contributed by atoms with Crippen molar-refractivity contribution >= 4 is 11.6 Å². The highest BCUT2D eigenvalue weighted by Crippen LogP contribution is 2.23. The maximum Gasteiger partial charge on any atom is 0.134 e. The average Bonchev–Trinajstić information content (AvgIpc) is 2.88. The van der Waals surface area contributed by atoms with Crippen molar-refractivity contribution < 1.29 is 4.74 Å². The molecule has 0 spiro atoms. The molecule has 0 amide bonds. The van der Waals surface area contributed by atoms with Crippen LogP contribution in [-0.4, -0.2) is 35.8 Å². The first-order valence-electron chi connectivity index (χ1n) is 6.62. The molecule has 2 N–H and O–H groups in total. The van der Waals surface area contributed by atoms with Gasteiger partial charge in [-0.25, -0.2) is 9.97 Å². The van der Waals surface area contributed by atoms with E-state index in [4.69, 9.17) is 4.74 Å². The van der Waals surface area contributed by atoms with Crippen molar-refractivity contribution in [1.82, 2.24) is 9.97 Å². The first-order valence-corrected chi connectivity index (χ1v) is 6.62. The molecule has 1 aliphatic rings. The molecule has 100 valence electrons. The van der Waals surface area contributed by atoms with Gasteiger partial charge in [0.15, 0.2) is 0 Å². The molecule has 1 aliphatic heterocycles. The van der Waals surface area contributed by atoms with Gasteiger partial charge in [-0.3, -0.25) is 0 Å². The molecule has 0 bridgehead atoms. The van der Waals surface area contributed by atoms with Crippen LogP contribution in [0.5, 0.6) is 0 Å². The van der Waals surface area contributed by atoms with Crippen LogP contribution in [0, 0.1) is 12.8 Å². The molecule has 1 saturated heterocycles. The van der Waals surface area contributed by atoms with E-state index in [2.05, 4.69) is 34.4 Å². The first-order chi connectivity index (χ1) is 8.72. The number of nitrogens with one attached hydrogen (secondary N) is 2. The van der Waals surface area contributed by atoms with Crippen LogP contribution >= 0.6 is 0 Å². The van der Waals surface area contributed by atoms with Crippen LogP contribution in [0.2, 0.25) is 0 Å². The van der Waals surface area contributed by atoms with Gasteiger partial charge in [0, 0.05) is 30.7 Å². The van der Waals surface area contributed by atoms with Crippen LogP contribution in [-0.2, 0) is 4.74 Å². The molecule has 1 aromatic rings. The highest BCUT2D eigenvalue weighted by Gasteiger charge is 2.23. The highest BCUT2D eigenvalue weighted by molar-refractivity contribution is 5.56. The molecule has 2 unspecified atom stereocenters. The Kier molecular flexibility index (Phi) is 4.36. The maximum atomic E-state index is 5.42. The van der Waals surface area contributed by atoms with Gasteiger partial charge >= 0.3 is 0 Å². The SMILES string of the molecule is CCNc1ncnc(NC(C)C2CCOC2)c1C. The normalized spacial score (nSPS) is 20.7. The molecule has 0 saturated carbocycles. The second-order valence-electron chi connectivity index (χ2n) is 4.78. The third-order valence-corrected chi connectivity index (χ3v) is 3.46. The summed E-state index contributed by atoms with van der Waals surface area (Å²) in [6.45, 7) is 8.88. The van der Waals surface area contributed by atoms with E-state index in [9.17, 15) is 0 Å². The molecule has 1 fully saturated rings. The molecule has 1 aromatic heterocycles. The molecular weight excluding hydrogens is 228 g/mol. The zero-order chi connectivity index (χ0) is 13.0. The summed E-state index contributed by atoms with van der Waals surface area (Å²) in [5.41, 5.74) is 1.07.